The highest BCUT2D eigenvalue weighted by molar-refractivity contribution is 9.10. The summed E-state index contributed by atoms with van der Waals surface area (Å²) in [6.07, 6.45) is 4.82. The first kappa shape index (κ1) is 13.7. The molecule has 5 heteroatoms. The Balaban J connectivity index is 2.01. The predicted octanol–water partition coefficient (Wildman–Crippen LogP) is 4.08. The van der Waals surface area contributed by atoms with E-state index >= 15 is 0 Å². The van der Waals surface area contributed by atoms with Crippen molar-refractivity contribution >= 4 is 15.9 Å². The monoisotopic (exact) mass is 319 g/mol. The van der Waals surface area contributed by atoms with E-state index in [2.05, 4.69) is 26.0 Å². The van der Waals surface area contributed by atoms with Crippen molar-refractivity contribution in [3.63, 3.8) is 0 Å². The van der Waals surface area contributed by atoms with E-state index in [4.69, 9.17) is 0 Å². The van der Waals surface area contributed by atoms with Gasteiger partial charge in [0.2, 0.25) is 0 Å². The maximum Gasteiger partial charge on any atom is 0.387 e. The molecule has 0 amide bonds. The molecule has 0 aromatic heterocycles. The Morgan fingerprint density at radius 2 is 2.06 bits per heavy atom. The van der Waals surface area contributed by atoms with Gasteiger partial charge in [0.05, 0.1) is 0 Å². The molecule has 0 spiro atoms. The van der Waals surface area contributed by atoms with E-state index in [0.29, 0.717) is 12.6 Å². The van der Waals surface area contributed by atoms with Crippen molar-refractivity contribution in [2.45, 2.75) is 44.9 Å². The van der Waals surface area contributed by atoms with E-state index in [1.54, 1.807) is 12.1 Å². The van der Waals surface area contributed by atoms with Crippen molar-refractivity contribution in [2.75, 3.05) is 0 Å². The Bertz CT molecular complexity index is 395. The fraction of sp³-hybridized carbons (Fsp3) is 0.538. The quantitative estimate of drug-likeness (QED) is 0.882. The molecule has 0 heterocycles. The fourth-order valence-electron chi connectivity index (χ4n) is 2.28. The highest BCUT2D eigenvalue weighted by Crippen LogP contribution is 2.26. The van der Waals surface area contributed by atoms with E-state index in [1.807, 2.05) is 6.07 Å². The molecule has 100 valence electrons. The first-order valence-electron chi connectivity index (χ1n) is 6.12. The van der Waals surface area contributed by atoms with Crippen LogP contribution in [0.4, 0.5) is 8.78 Å². The molecular weight excluding hydrogens is 304 g/mol. The van der Waals surface area contributed by atoms with Crippen molar-refractivity contribution in [3.8, 4) is 5.75 Å². The van der Waals surface area contributed by atoms with Gasteiger partial charge in [-0.05, 0) is 31.0 Å². The molecule has 1 aliphatic rings. The molecule has 1 aromatic rings. The normalized spacial score (nSPS) is 16.4. The molecule has 18 heavy (non-hydrogen) atoms. The first-order chi connectivity index (χ1) is 8.65. The van der Waals surface area contributed by atoms with Crippen molar-refractivity contribution in [1.29, 1.82) is 0 Å². The summed E-state index contributed by atoms with van der Waals surface area (Å²) in [4.78, 5) is 0. The number of halogens is 3. The van der Waals surface area contributed by atoms with Crippen LogP contribution in [0.5, 0.6) is 5.75 Å². The zero-order valence-corrected chi connectivity index (χ0v) is 11.6. The van der Waals surface area contributed by atoms with Gasteiger partial charge >= 0.3 is 6.61 Å². The highest BCUT2D eigenvalue weighted by atomic mass is 79.9. The van der Waals surface area contributed by atoms with Crippen LogP contribution in [0.3, 0.4) is 0 Å². The standard InChI is InChI=1S/C13H16BrF2NO/c14-10-5-6-12(18-13(15)16)9(7-10)8-17-11-3-1-2-4-11/h5-7,11,13,17H,1-4,8H2. The summed E-state index contributed by atoms with van der Waals surface area (Å²) in [5, 5.41) is 3.39. The van der Waals surface area contributed by atoms with Gasteiger partial charge in [-0.25, -0.2) is 0 Å². The third kappa shape index (κ3) is 3.92. The molecule has 1 N–H and O–H groups in total. The van der Waals surface area contributed by atoms with Gasteiger partial charge in [0.1, 0.15) is 5.75 Å². The van der Waals surface area contributed by atoms with Crippen molar-refractivity contribution in [1.82, 2.24) is 5.32 Å². The highest BCUT2D eigenvalue weighted by Gasteiger charge is 2.16. The van der Waals surface area contributed by atoms with Crippen LogP contribution in [-0.2, 0) is 6.54 Å². The average Bonchev–Trinajstić information content (AvgIpc) is 2.82. The summed E-state index contributed by atoms with van der Waals surface area (Å²) in [5.41, 5.74) is 0.761. The summed E-state index contributed by atoms with van der Waals surface area (Å²) in [6.45, 7) is -2.22. The lowest BCUT2D eigenvalue weighted by atomic mass is 10.1. The second-order valence-corrected chi connectivity index (χ2v) is 5.41. The van der Waals surface area contributed by atoms with Crippen LogP contribution < -0.4 is 10.1 Å². The third-order valence-corrected chi connectivity index (χ3v) is 3.67. The lowest BCUT2D eigenvalue weighted by Gasteiger charge is -2.15. The lowest BCUT2D eigenvalue weighted by molar-refractivity contribution is -0.0505. The van der Waals surface area contributed by atoms with Gasteiger partial charge in [-0.3, -0.25) is 0 Å². The van der Waals surface area contributed by atoms with E-state index < -0.39 is 6.61 Å². The number of nitrogens with one attached hydrogen (secondary N) is 1. The molecule has 0 bridgehead atoms. The SMILES string of the molecule is FC(F)Oc1ccc(Br)cc1CNC1CCCC1. The predicted molar refractivity (Wildman–Crippen MR) is 69.9 cm³/mol. The summed E-state index contributed by atoms with van der Waals surface area (Å²) >= 11 is 3.35. The number of benzene rings is 1. The minimum Gasteiger partial charge on any atom is -0.434 e. The molecule has 0 atom stereocenters. The summed E-state index contributed by atoms with van der Waals surface area (Å²) in [6, 6.07) is 5.60. The van der Waals surface area contributed by atoms with Crippen LogP contribution in [0.15, 0.2) is 22.7 Å². The molecule has 2 rings (SSSR count). The number of rotatable bonds is 5. The van der Waals surface area contributed by atoms with Gasteiger partial charge in [-0.1, -0.05) is 28.8 Å². The second kappa shape index (κ2) is 6.48. The topological polar surface area (TPSA) is 21.3 Å². The maximum atomic E-state index is 12.3. The Kier molecular flexibility index (Phi) is 4.95. The van der Waals surface area contributed by atoms with Crippen LogP contribution >= 0.6 is 15.9 Å². The van der Waals surface area contributed by atoms with Crippen molar-refractivity contribution in [3.05, 3.63) is 28.2 Å². The molecule has 1 fully saturated rings. The van der Waals surface area contributed by atoms with Crippen LogP contribution in [0.2, 0.25) is 0 Å². The van der Waals surface area contributed by atoms with Gasteiger partial charge in [-0.2, -0.15) is 8.78 Å². The Hall–Kier alpha value is -0.680. The summed E-state index contributed by atoms with van der Waals surface area (Å²) in [5.74, 6) is 0.249. The zero-order valence-electron chi connectivity index (χ0n) is 9.96. The first-order valence-corrected chi connectivity index (χ1v) is 6.91. The van der Waals surface area contributed by atoms with E-state index in [9.17, 15) is 8.78 Å². The van der Waals surface area contributed by atoms with Gasteiger partial charge in [-0.15, -0.1) is 0 Å². The smallest absolute Gasteiger partial charge is 0.387 e. The second-order valence-electron chi connectivity index (χ2n) is 4.49. The number of hydrogen-bond donors (Lipinski definition) is 1. The van der Waals surface area contributed by atoms with Gasteiger partial charge < -0.3 is 10.1 Å². The van der Waals surface area contributed by atoms with Gasteiger partial charge in [0.25, 0.3) is 0 Å². The Morgan fingerprint density at radius 1 is 1.33 bits per heavy atom. The minimum absolute atomic E-state index is 0.249. The Morgan fingerprint density at radius 3 is 2.72 bits per heavy atom. The number of hydrogen-bond acceptors (Lipinski definition) is 2. The Labute approximate surface area is 114 Å². The largest absolute Gasteiger partial charge is 0.434 e. The minimum atomic E-state index is -2.78. The number of ether oxygens (including phenoxy) is 1. The molecule has 0 radical (unpaired) electrons. The third-order valence-electron chi connectivity index (χ3n) is 3.17. The van der Waals surface area contributed by atoms with E-state index in [-0.39, 0.29) is 5.75 Å². The van der Waals surface area contributed by atoms with Crippen LogP contribution in [0.25, 0.3) is 0 Å². The van der Waals surface area contributed by atoms with E-state index in [0.717, 1.165) is 10.0 Å². The molecule has 2 nitrogen and oxygen atoms in total. The average molecular weight is 320 g/mol. The van der Waals surface area contributed by atoms with Crippen LogP contribution in [0, 0.1) is 0 Å². The molecule has 0 unspecified atom stereocenters. The van der Waals surface area contributed by atoms with Crippen LogP contribution in [0.1, 0.15) is 31.2 Å². The molecule has 1 aliphatic carbocycles. The maximum absolute atomic E-state index is 12.3. The zero-order chi connectivity index (χ0) is 13.0. The summed E-state index contributed by atoms with van der Waals surface area (Å²) in [7, 11) is 0. The fourth-order valence-corrected chi connectivity index (χ4v) is 2.69. The van der Waals surface area contributed by atoms with Crippen LogP contribution in [-0.4, -0.2) is 12.7 Å². The van der Waals surface area contributed by atoms with E-state index in [1.165, 1.54) is 25.7 Å². The molecular formula is C13H16BrF2NO. The molecule has 0 saturated heterocycles. The molecule has 1 saturated carbocycles. The number of alkyl halides is 2. The van der Waals surface area contributed by atoms with Crippen molar-refractivity contribution in [2.24, 2.45) is 0 Å². The summed E-state index contributed by atoms with van der Waals surface area (Å²) < 4.78 is 30.0. The van der Waals surface area contributed by atoms with Crippen molar-refractivity contribution < 1.29 is 13.5 Å². The molecule has 1 aromatic carbocycles. The lowest BCUT2D eigenvalue weighted by Crippen LogP contribution is -2.25. The molecule has 0 aliphatic heterocycles. The van der Waals surface area contributed by atoms with Gasteiger partial charge in [0, 0.05) is 22.6 Å². The van der Waals surface area contributed by atoms with Gasteiger partial charge in [0.15, 0.2) is 0 Å².